The molecule has 0 unspecified atom stereocenters. The van der Waals surface area contributed by atoms with Crippen molar-refractivity contribution >= 4 is 37.8 Å². The molecule has 22 heavy (non-hydrogen) atoms. The highest BCUT2D eigenvalue weighted by Crippen LogP contribution is 2.40. The number of phenols is 1. The molecule has 5 nitrogen and oxygen atoms in total. The van der Waals surface area contributed by atoms with Gasteiger partial charge in [-0.1, -0.05) is 6.92 Å². The van der Waals surface area contributed by atoms with Gasteiger partial charge >= 0.3 is 0 Å². The second-order valence-corrected chi connectivity index (χ2v) is 6.94. The van der Waals surface area contributed by atoms with Crippen LogP contribution in [0.1, 0.15) is 30.1 Å². The number of amides is 1. The molecule has 1 heterocycles. The maximum absolute atomic E-state index is 12.5. The molecule has 0 spiro atoms. The van der Waals surface area contributed by atoms with E-state index in [4.69, 9.17) is 4.74 Å². The number of carbonyl (C=O) groups is 1. The van der Waals surface area contributed by atoms with E-state index in [-0.39, 0.29) is 17.2 Å². The number of nitrogens with one attached hydrogen (secondary N) is 1. The lowest BCUT2D eigenvalue weighted by Gasteiger charge is -2.23. The van der Waals surface area contributed by atoms with Crippen molar-refractivity contribution in [3.63, 3.8) is 0 Å². The number of halogens is 2. The van der Waals surface area contributed by atoms with Crippen molar-refractivity contribution in [2.45, 2.75) is 25.8 Å². The molecule has 1 aromatic rings. The number of methoxy groups -OCH3 is 1. The quantitative estimate of drug-likeness (QED) is 0.745. The van der Waals surface area contributed by atoms with Crippen LogP contribution in [0.4, 0.5) is 0 Å². The average Bonchev–Trinajstić information content (AvgIpc) is 2.95. The molecule has 1 aliphatic rings. The molecule has 0 aliphatic carbocycles. The normalized spacial score (nSPS) is 18.5. The number of nitrogens with zero attached hydrogens (tertiary/aromatic N) is 1. The molecule has 0 bridgehead atoms. The summed E-state index contributed by atoms with van der Waals surface area (Å²) in [4.78, 5) is 14.8. The van der Waals surface area contributed by atoms with Crippen LogP contribution in [-0.2, 0) is 0 Å². The Kier molecular flexibility index (Phi) is 6.11. The van der Waals surface area contributed by atoms with E-state index in [1.54, 1.807) is 6.07 Å². The third-order valence-corrected chi connectivity index (χ3v) is 5.19. The van der Waals surface area contributed by atoms with Crippen LogP contribution in [0.3, 0.4) is 0 Å². The Morgan fingerprint density at radius 1 is 1.50 bits per heavy atom. The molecule has 1 atom stereocenters. The lowest BCUT2D eigenvalue weighted by molar-refractivity contribution is 0.0935. The fourth-order valence-electron chi connectivity index (χ4n) is 2.84. The van der Waals surface area contributed by atoms with Crippen molar-refractivity contribution in [1.82, 2.24) is 10.2 Å². The fraction of sp³-hybridized carbons (Fsp3) is 0.533. The first-order chi connectivity index (χ1) is 10.5. The van der Waals surface area contributed by atoms with Gasteiger partial charge in [-0.3, -0.25) is 9.69 Å². The number of likely N-dealkylation sites (tertiary alicyclic amines) is 1. The van der Waals surface area contributed by atoms with E-state index in [2.05, 4.69) is 49.0 Å². The number of likely N-dealkylation sites (N-methyl/N-ethyl adjacent to an activating group) is 1. The molecular formula is C15H20Br2N2O3. The number of ether oxygens (including phenoxy) is 1. The Labute approximate surface area is 147 Å². The van der Waals surface area contributed by atoms with Gasteiger partial charge in [-0.2, -0.15) is 0 Å². The molecular weight excluding hydrogens is 416 g/mol. The standard InChI is InChI=1S/C15H20Br2N2O3/c1-3-19-6-4-5-9(19)8-18-15(21)12-13(20)10(16)7-11(17)14(12)22-2/h7,9,20H,3-6,8H2,1-2H3,(H,18,21)/t9-/m1/s1. The molecule has 1 fully saturated rings. The molecule has 0 saturated carbocycles. The number of rotatable bonds is 5. The first-order valence-electron chi connectivity index (χ1n) is 7.26. The minimum Gasteiger partial charge on any atom is -0.506 e. The van der Waals surface area contributed by atoms with Crippen molar-refractivity contribution in [3.05, 3.63) is 20.6 Å². The molecule has 2 N–H and O–H groups in total. The van der Waals surface area contributed by atoms with Crippen molar-refractivity contribution in [2.75, 3.05) is 26.7 Å². The highest BCUT2D eigenvalue weighted by Gasteiger charge is 2.26. The third-order valence-electron chi connectivity index (χ3n) is 4.00. The lowest BCUT2D eigenvalue weighted by Crippen LogP contribution is -2.40. The van der Waals surface area contributed by atoms with E-state index in [0.29, 0.717) is 27.3 Å². The summed E-state index contributed by atoms with van der Waals surface area (Å²) in [6.07, 6.45) is 2.24. The molecule has 1 aliphatic heterocycles. The second-order valence-electron chi connectivity index (χ2n) is 5.23. The van der Waals surface area contributed by atoms with E-state index < -0.39 is 0 Å². The number of carbonyl (C=O) groups excluding carboxylic acids is 1. The van der Waals surface area contributed by atoms with Gasteiger partial charge in [-0.15, -0.1) is 0 Å². The molecule has 1 aromatic carbocycles. The van der Waals surface area contributed by atoms with E-state index in [0.717, 1.165) is 25.9 Å². The van der Waals surface area contributed by atoms with Crippen LogP contribution in [0.25, 0.3) is 0 Å². The van der Waals surface area contributed by atoms with Crippen molar-refractivity contribution in [2.24, 2.45) is 0 Å². The minimum absolute atomic E-state index is 0.115. The van der Waals surface area contributed by atoms with Gasteiger partial charge in [0.15, 0.2) is 0 Å². The predicted molar refractivity (Wildman–Crippen MR) is 92.7 cm³/mol. The minimum atomic E-state index is -0.334. The van der Waals surface area contributed by atoms with E-state index in [1.165, 1.54) is 7.11 Å². The maximum Gasteiger partial charge on any atom is 0.258 e. The molecule has 7 heteroatoms. The van der Waals surface area contributed by atoms with Crippen LogP contribution in [0.15, 0.2) is 15.0 Å². The fourth-order valence-corrected chi connectivity index (χ4v) is 4.17. The number of benzene rings is 1. The molecule has 122 valence electrons. The Bertz CT molecular complexity index is 566. The van der Waals surface area contributed by atoms with Gasteiger partial charge in [0.1, 0.15) is 17.1 Å². The van der Waals surface area contributed by atoms with Gasteiger partial charge in [0, 0.05) is 12.6 Å². The Hall–Kier alpha value is -0.790. The summed E-state index contributed by atoms with van der Waals surface area (Å²) in [5.74, 6) is -0.118. The van der Waals surface area contributed by atoms with E-state index >= 15 is 0 Å². The number of hydrogen-bond acceptors (Lipinski definition) is 4. The zero-order chi connectivity index (χ0) is 16.3. The molecule has 2 rings (SSSR count). The van der Waals surface area contributed by atoms with Crippen LogP contribution < -0.4 is 10.1 Å². The smallest absolute Gasteiger partial charge is 0.258 e. The summed E-state index contributed by atoms with van der Waals surface area (Å²) in [5, 5.41) is 13.1. The van der Waals surface area contributed by atoms with Crippen LogP contribution in [0.2, 0.25) is 0 Å². The van der Waals surface area contributed by atoms with Crippen LogP contribution >= 0.6 is 31.9 Å². The van der Waals surface area contributed by atoms with Crippen LogP contribution in [-0.4, -0.2) is 48.7 Å². The summed E-state index contributed by atoms with van der Waals surface area (Å²) in [7, 11) is 1.47. The molecule has 0 aromatic heterocycles. The summed E-state index contributed by atoms with van der Waals surface area (Å²) < 4.78 is 6.31. The number of aromatic hydroxyl groups is 1. The Morgan fingerprint density at radius 2 is 2.23 bits per heavy atom. The van der Waals surface area contributed by atoms with Gasteiger partial charge in [0.05, 0.1) is 16.1 Å². The topological polar surface area (TPSA) is 61.8 Å². The number of phenolic OH excluding ortho intramolecular Hbond substituents is 1. The van der Waals surface area contributed by atoms with Crippen LogP contribution in [0, 0.1) is 0 Å². The summed E-state index contributed by atoms with van der Waals surface area (Å²) >= 11 is 6.59. The lowest BCUT2D eigenvalue weighted by atomic mass is 10.1. The average molecular weight is 436 g/mol. The summed E-state index contributed by atoms with van der Waals surface area (Å²) in [6, 6.07) is 2.01. The van der Waals surface area contributed by atoms with Gasteiger partial charge < -0.3 is 15.2 Å². The number of hydrogen-bond donors (Lipinski definition) is 2. The van der Waals surface area contributed by atoms with Gasteiger partial charge in [-0.25, -0.2) is 0 Å². The predicted octanol–water partition coefficient (Wildman–Crippen LogP) is 3.14. The summed E-state index contributed by atoms with van der Waals surface area (Å²) in [5.41, 5.74) is 0.143. The SMILES string of the molecule is CCN1CCC[C@@H]1CNC(=O)c1c(O)c(Br)cc(Br)c1OC. The zero-order valence-electron chi connectivity index (χ0n) is 12.7. The van der Waals surface area contributed by atoms with E-state index in [9.17, 15) is 9.90 Å². The maximum atomic E-state index is 12.5. The second kappa shape index (κ2) is 7.66. The Morgan fingerprint density at radius 3 is 2.86 bits per heavy atom. The molecule has 1 saturated heterocycles. The molecule has 0 radical (unpaired) electrons. The first kappa shape index (κ1) is 17.6. The van der Waals surface area contributed by atoms with Crippen molar-refractivity contribution < 1.29 is 14.6 Å². The van der Waals surface area contributed by atoms with Crippen LogP contribution in [0.5, 0.6) is 11.5 Å². The van der Waals surface area contributed by atoms with Crippen molar-refractivity contribution in [3.8, 4) is 11.5 Å². The van der Waals surface area contributed by atoms with Gasteiger partial charge in [0.2, 0.25) is 0 Å². The third kappa shape index (κ3) is 3.58. The van der Waals surface area contributed by atoms with E-state index in [1.807, 2.05) is 0 Å². The van der Waals surface area contributed by atoms with Gasteiger partial charge in [-0.05, 0) is 63.9 Å². The largest absolute Gasteiger partial charge is 0.506 e. The highest BCUT2D eigenvalue weighted by molar-refractivity contribution is 9.11. The highest BCUT2D eigenvalue weighted by atomic mass is 79.9. The zero-order valence-corrected chi connectivity index (χ0v) is 15.8. The first-order valence-corrected chi connectivity index (χ1v) is 8.85. The van der Waals surface area contributed by atoms with Gasteiger partial charge in [0.25, 0.3) is 5.91 Å². The molecule has 1 amide bonds. The van der Waals surface area contributed by atoms with Crippen molar-refractivity contribution in [1.29, 1.82) is 0 Å². The monoisotopic (exact) mass is 434 g/mol. The summed E-state index contributed by atoms with van der Waals surface area (Å²) in [6.45, 7) is 4.76. The Balaban J connectivity index is 2.16.